The first-order valence-corrected chi connectivity index (χ1v) is 6.52. The van der Waals surface area contributed by atoms with Crippen molar-refractivity contribution in [3.05, 3.63) is 54.1 Å². The number of benzene rings is 1. The summed E-state index contributed by atoms with van der Waals surface area (Å²) in [6.45, 7) is 3.68. The van der Waals surface area contributed by atoms with Gasteiger partial charge in [-0.3, -0.25) is 5.32 Å². The molecule has 0 saturated carbocycles. The summed E-state index contributed by atoms with van der Waals surface area (Å²) in [7, 11) is 0. The van der Waals surface area contributed by atoms with Crippen molar-refractivity contribution < 1.29 is 0 Å². The van der Waals surface area contributed by atoms with Crippen LogP contribution in [-0.4, -0.2) is 9.55 Å². The molecule has 0 amide bonds. The number of aryl methyl sites for hydroxylation is 1. The highest BCUT2D eigenvalue weighted by molar-refractivity contribution is 5.17. The summed E-state index contributed by atoms with van der Waals surface area (Å²) in [5, 5.41) is 12.6. The van der Waals surface area contributed by atoms with Gasteiger partial charge in [-0.1, -0.05) is 37.3 Å². The van der Waals surface area contributed by atoms with E-state index in [1.54, 1.807) is 12.5 Å². The Morgan fingerprint density at radius 2 is 2.16 bits per heavy atom. The van der Waals surface area contributed by atoms with Gasteiger partial charge in [-0.25, -0.2) is 4.98 Å². The first-order valence-electron chi connectivity index (χ1n) is 6.52. The second-order valence-electron chi connectivity index (χ2n) is 4.44. The summed E-state index contributed by atoms with van der Waals surface area (Å²) in [6, 6.07) is 12.1. The third-order valence-corrected chi connectivity index (χ3v) is 2.99. The molecule has 0 radical (unpaired) electrons. The van der Waals surface area contributed by atoms with Crippen molar-refractivity contribution in [2.24, 2.45) is 0 Å². The monoisotopic (exact) mass is 254 g/mol. The van der Waals surface area contributed by atoms with Gasteiger partial charge in [0.1, 0.15) is 6.04 Å². The highest BCUT2D eigenvalue weighted by Gasteiger charge is 2.14. The van der Waals surface area contributed by atoms with Gasteiger partial charge in [-0.05, 0) is 12.0 Å². The molecule has 1 atom stereocenters. The Morgan fingerprint density at radius 1 is 1.37 bits per heavy atom. The van der Waals surface area contributed by atoms with E-state index in [4.69, 9.17) is 0 Å². The molecule has 2 rings (SSSR count). The predicted molar refractivity (Wildman–Crippen MR) is 74.2 cm³/mol. The zero-order chi connectivity index (χ0) is 13.5. The number of hydrogen-bond acceptors (Lipinski definition) is 3. The van der Waals surface area contributed by atoms with Crippen molar-refractivity contribution in [3.63, 3.8) is 0 Å². The van der Waals surface area contributed by atoms with Gasteiger partial charge in [-0.15, -0.1) is 0 Å². The lowest BCUT2D eigenvalue weighted by molar-refractivity contribution is 0.562. The van der Waals surface area contributed by atoms with E-state index < -0.39 is 0 Å². The summed E-state index contributed by atoms with van der Waals surface area (Å²) < 4.78 is 2.03. The van der Waals surface area contributed by atoms with Crippen LogP contribution in [0.2, 0.25) is 0 Å². The Kier molecular flexibility index (Phi) is 4.71. The zero-order valence-electron chi connectivity index (χ0n) is 11.1. The molecule has 4 nitrogen and oxygen atoms in total. The fourth-order valence-corrected chi connectivity index (χ4v) is 2.03. The van der Waals surface area contributed by atoms with E-state index in [0.29, 0.717) is 6.54 Å². The number of nitrogens with zero attached hydrogens (tertiary/aromatic N) is 3. The van der Waals surface area contributed by atoms with Crippen LogP contribution < -0.4 is 5.32 Å². The van der Waals surface area contributed by atoms with E-state index in [9.17, 15) is 5.26 Å². The minimum atomic E-state index is -0.325. The number of nitriles is 1. The first kappa shape index (κ1) is 13.3. The quantitative estimate of drug-likeness (QED) is 0.862. The van der Waals surface area contributed by atoms with Crippen LogP contribution in [-0.2, 0) is 13.1 Å². The molecule has 19 heavy (non-hydrogen) atoms. The van der Waals surface area contributed by atoms with Crippen LogP contribution in [0.3, 0.4) is 0 Å². The lowest BCUT2D eigenvalue weighted by Gasteiger charge is -2.14. The van der Waals surface area contributed by atoms with Crippen LogP contribution in [0.25, 0.3) is 0 Å². The molecular formula is C15H18N4. The maximum atomic E-state index is 9.31. The Bertz CT molecular complexity index is 539. The summed E-state index contributed by atoms with van der Waals surface area (Å²) in [4.78, 5) is 4.14. The van der Waals surface area contributed by atoms with E-state index in [2.05, 4.69) is 23.3 Å². The van der Waals surface area contributed by atoms with Crippen molar-refractivity contribution in [2.45, 2.75) is 32.5 Å². The lowest BCUT2D eigenvalue weighted by Crippen LogP contribution is -2.22. The zero-order valence-corrected chi connectivity index (χ0v) is 11.1. The van der Waals surface area contributed by atoms with Gasteiger partial charge in [0.25, 0.3) is 0 Å². The van der Waals surface area contributed by atoms with Gasteiger partial charge in [-0.2, -0.15) is 5.26 Å². The maximum absolute atomic E-state index is 9.31. The molecule has 2 aromatic rings. The van der Waals surface area contributed by atoms with Gasteiger partial charge < -0.3 is 4.57 Å². The molecular weight excluding hydrogens is 236 g/mol. The Hall–Kier alpha value is -2.12. The molecule has 0 aliphatic heterocycles. The maximum Gasteiger partial charge on any atom is 0.138 e. The van der Waals surface area contributed by atoms with Crippen molar-refractivity contribution in [2.75, 3.05) is 0 Å². The highest BCUT2D eigenvalue weighted by Crippen LogP contribution is 2.13. The second kappa shape index (κ2) is 6.72. The second-order valence-corrected chi connectivity index (χ2v) is 4.44. The Labute approximate surface area is 113 Å². The van der Waals surface area contributed by atoms with E-state index in [1.165, 1.54) is 5.56 Å². The molecule has 1 N–H and O–H groups in total. The van der Waals surface area contributed by atoms with Gasteiger partial charge >= 0.3 is 0 Å². The average Bonchev–Trinajstić information content (AvgIpc) is 2.90. The average molecular weight is 254 g/mol. The molecule has 4 heteroatoms. The smallest absolute Gasteiger partial charge is 0.138 e. The summed E-state index contributed by atoms with van der Waals surface area (Å²) in [6.07, 6.45) is 4.58. The van der Waals surface area contributed by atoms with Crippen LogP contribution >= 0.6 is 0 Å². The molecule has 0 bridgehead atoms. The number of nitrogens with one attached hydrogen (secondary N) is 1. The number of hydrogen-bond donors (Lipinski definition) is 1. The molecule has 1 unspecified atom stereocenters. The SMILES string of the molecule is CCCn1cncc1C(C#N)NCc1ccccc1. The van der Waals surface area contributed by atoms with E-state index in [1.807, 2.05) is 34.9 Å². The van der Waals surface area contributed by atoms with Gasteiger partial charge in [0.15, 0.2) is 0 Å². The lowest BCUT2D eigenvalue weighted by atomic mass is 10.2. The largest absolute Gasteiger partial charge is 0.332 e. The minimum absolute atomic E-state index is 0.325. The van der Waals surface area contributed by atoms with Crippen molar-refractivity contribution in [1.29, 1.82) is 5.26 Å². The van der Waals surface area contributed by atoms with E-state index in [0.717, 1.165) is 18.7 Å². The third kappa shape index (κ3) is 3.43. The summed E-state index contributed by atoms with van der Waals surface area (Å²) in [5.41, 5.74) is 2.10. The third-order valence-electron chi connectivity index (χ3n) is 2.99. The topological polar surface area (TPSA) is 53.6 Å². The van der Waals surface area contributed by atoms with Crippen LogP contribution in [0, 0.1) is 11.3 Å². The van der Waals surface area contributed by atoms with Gasteiger partial charge in [0, 0.05) is 13.1 Å². The Morgan fingerprint density at radius 3 is 2.84 bits per heavy atom. The van der Waals surface area contributed by atoms with Crippen LogP contribution in [0.5, 0.6) is 0 Å². The van der Waals surface area contributed by atoms with Gasteiger partial charge in [0.05, 0.1) is 24.3 Å². The highest BCUT2D eigenvalue weighted by atomic mass is 15.1. The number of rotatable bonds is 6. The van der Waals surface area contributed by atoms with E-state index >= 15 is 0 Å². The fraction of sp³-hybridized carbons (Fsp3) is 0.333. The summed E-state index contributed by atoms with van der Waals surface area (Å²) in [5.74, 6) is 0. The van der Waals surface area contributed by atoms with Crippen molar-refractivity contribution >= 4 is 0 Å². The molecule has 0 aliphatic carbocycles. The van der Waals surface area contributed by atoms with Crippen molar-refractivity contribution in [3.8, 4) is 6.07 Å². The predicted octanol–water partition coefficient (Wildman–Crippen LogP) is 2.65. The van der Waals surface area contributed by atoms with Gasteiger partial charge in [0.2, 0.25) is 0 Å². The standard InChI is InChI=1S/C15H18N4/c1-2-8-19-12-17-11-15(19)14(9-16)18-10-13-6-4-3-5-7-13/h3-7,11-12,14,18H,2,8,10H2,1H3. The minimum Gasteiger partial charge on any atom is -0.332 e. The normalized spacial score (nSPS) is 12.0. The molecule has 98 valence electrons. The molecule has 1 heterocycles. The fourth-order valence-electron chi connectivity index (χ4n) is 2.03. The number of imidazole rings is 1. The summed E-state index contributed by atoms with van der Waals surface area (Å²) >= 11 is 0. The molecule has 1 aromatic carbocycles. The molecule has 0 saturated heterocycles. The molecule has 0 aliphatic rings. The van der Waals surface area contributed by atoms with Crippen LogP contribution in [0.1, 0.15) is 30.6 Å². The Balaban J connectivity index is 2.04. The van der Waals surface area contributed by atoms with Crippen molar-refractivity contribution in [1.82, 2.24) is 14.9 Å². The molecule has 1 aromatic heterocycles. The van der Waals surface area contributed by atoms with Crippen LogP contribution in [0.4, 0.5) is 0 Å². The number of aromatic nitrogens is 2. The molecule has 0 spiro atoms. The first-order chi connectivity index (χ1) is 9.35. The van der Waals surface area contributed by atoms with Crippen LogP contribution in [0.15, 0.2) is 42.9 Å². The van der Waals surface area contributed by atoms with E-state index in [-0.39, 0.29) is 6.04 Å². The molecule has 0 fully saturated rings.